The normalized spacial score (nSPS) is 11.8. The fraction of sp³-hybridized carbons (Fsp3) is 0.250. The van der Waals surface area contributed by atoms with Crippen molar-refractivity contribution in [2.75, 3.05) is 12.0 Å². The Morgan fingerprint density at radius 1 is 1.22 bits per heavy atom. The van der Waals surface area contributed by atoms with Gasteiger partial charge in [0.05, 0.1) is 10.6 Å². The number of Topliss-reactive ketones (excluding diaryl/α,β-unsaturated/α-hetero) is 1. The molecule has 0 aliphatic carbocycles. The predicted octanol–water partition coefficient (Wildman–Crippen LogP) is 1.71. The van der Waals surface area contributed by atoms with Gasteiger partial charge in [-0.05, 0) is 12.1 Å². The molecular formula is C16H16N4O4S3. The third-order valence-corrected chi connectivity index (χ3v) is 6.50. The largest absolute Gasteiger partial charge is 0.330 e. The average Bonchev–Trinajstić information content (AvgIpc) is 3.06. The first-order valence-corrected chi connectivity index (χ1v) is 11.0. The van der Waals surface area contributed by atoms with E-state index in [2.05, 4.69) is 9.97 Å². The number of carbonyl (C=O) groups excluding carboxylic acids is 1. The van der Waals surface area contributed by atoms with Crippen molar-refractivity contribution < 1.29 is 13.2 Å². The highest BCUT2D eigenvalue weighted by molar-refractivity contribution is 7.99. The van der Waals surface area contributed by atoms with Crippen LogP contribution in [0.2, 0.25) is 0 Å². The van der Waals surface area contributed by atoms with Crippen molar-refractivity contribution in [3.63, 3.8) is 0 Å². The van der Waals surface area contributed by atoms with Gasteiger partial charge in [-0.1, -0.05) is 36.1 Å². The number of fused-ring (bicyclic) bond motifs is 1. The van der Waals surface area contributed by atoms with Crippen molar-refractivity contribution in [2.24, 2.45) is 14.1 Å². The van der Waals surface area contributed by atoms with Crippen LogP contribution in [0.4, 0.5) is 0 Å². The van der Waals surface area contributed by atoms with E-state index in [9.17, 15) is 18.0 Å². The topological polar surface area (TPSA) is 107 Å². The Hall–Kier alpha value is -2.24. The molecule has 0 bridgehead atoms. The third kappa shape index (κ3) is 3.75. The Kier molecular flexibility index (Phi) is 5.10. The monoisotopic (exact) mass is 424 g/mol. The lowest BCUT2D eigenvalue weighted by molar-refractivity contribution is 0.102. The van der Waals surface area contributed by atoms with Crippen molar-refractivity contribution in [1.29, 1.82) is 0 Å². The van der Waals surface area contributed by atoms with Gasteiger partial charge in [-0.2, -0.15) is 0 Å². The van der Waals surface area contributed by atoms with Gasteiger partial charge in [0.15, 0.2) is 26.4 Å². The second kappa shape index (κ2) is 7.06. The van der Waals surface area contributed by atoms with Crippen LogP contribution in [0, 0.1) is 4.64 Å². The number of hydrogen-bond acceptors (Lipinski definition) is 7. The minimum Gasteiger partial charge on any atom is -0.329 e. The lowest BCUT2D eigenvalue weighted by Gasteiger charge is -2.02. The predicted molar refractivity (Wildman–Crippen MR) is 106 cm³/mol. The van der Waals surface area contributed by atoms with E-state index in [1.165, 1.54) is 45.2 Å². The van der Waals surface area contributed by atoms with Crippen LogP contribution in [0.5, 0.6) is 0 Å². The highest BCUT2D eigenvalue weighted by Crippen LogP contribution is 2.20. The summed E-state index contributed by atoms with van der Waals surface area (Å²) in [5.41, 5.74) is 1.11. The van der Waals surface area contributed by atoms with Gasteiger partial charge in [-0.15, -0.1) is 0 Å². The van der Waals surface area contributed by atoms with Crippen LogP contribution in [0.1, 0.15) is 10.4 Å². The molecule has 2 aromatic heterocycles. The first-order valence-electron chi connectivity index (χ1n) is 7.71. The highest BCUT2D eigenvalue weighted by Gasteiger charge is 2.14. The molecule has 0 atom stereocenters. The maximum Gasteiger partial charge on any atom is 0.330 e. The number of aromatic nitrogens is 4. The van der Waals surface area contributed by atoms with Crippen LogP contribution in [0.3, 0.4) is 0 Å². The maximum absolute atomic E-state index is 12.3. The molecule has 0 aliphatic heterocycles. The number of rotatable bonds is 5. The van der Waals surface area contributed by atoms with Crippen molar-refractivity contribution in [2.45, 2.75) is 10.1 Å². The van der Waals surface area contributed by atoms with E-state index >= 15 is 0 Å². The summed E-state index contributed by atoms with van der Waals surface area (Å²) in [6, 6.07) is 5.80. The number of aryl methyl sites for hydroxylation is 1. The van der Waals surface area contributed by atoms with Gasteiger partial charge in [0.1, 0.15) is 10.2 Å². The van der Waals surface area contributed by atoms with Crippen LogP contribution in [-0.2, 0) is 23.9 Å². The zero-order valence-electron chi connectivity index (χ0n) is 14.7. The third-order valence-electron chi connectivity index (χ3n) is 4.02. The summed E-state index contributed by atoms with van der Waals surface area (Å²) in [7, 11) is -0.117. The molecule has 0 saturated heterocycles. The number of nitrogens with zero attached hydrogens (tertiary/aromatic N) is 3. The quantitative estimate of drug-likeness (QED) is 0.377. The first-order chi connectivity index (χ1) is 12.6. The Bertz CT molecular complexity index is 1270. The zero-order valence-corrected chi connectivity index (χ0v) is 17.2. The van der Waals surface area contributed by atoms with Crippen LogP contribution in [0.25, 0.3) is 11.2 Å². The molecule has 11 heteroatoms. The van der Waals surface area contributed by atoms with Crippen LogP contribution in [0.15, 0.2) is 39.1 Å². The molecule has 0 saturated carbocycles. The number of aromatic amines is 1. The fourth-order valence-electron chi connectivity index (χ4n) is 2.48. The Morgan fingerprint density at radius 2 is 1.85 bits per heavy atom. The van der Waals surface area contributed by atoms with E-state index in [-0.39, 0.29) is 22.1 Å². The van der Waals surface area contributed by atoms with Gasteiger partial charge in [-0.3, -0.25) is 13.9 Å². The summed E-state index contributed by atoms with van der Waals surface area (Å²) in [4.78, 5) is 32.0. The minimum absolute atomic E-state index is 0.102. The summed E-state index contributed by atoms with van der Waals surface area (Å²) in [6.45, 7) is 0. The van der Waals surface area contributed by atoms with Crippen LogP contribution in [-0.4, -0.2) is 45.3 Å². The van der Waals surface area contributed by atoms with E-state index in [0.29, 0.717) is 26.5 Å². The van der Waals surface area contributed by atoms with Crippen LogP contribution >= 0.6 is 24.0 Å². The molecule has 0 aliphatic rings. The van der Waals surface area contributed by atoms with Gasteiger partial charge >= 0.3 is 5.69 Å². The summed E-state index contributed by atoms with van der Waals surface area (Å²) in [5.74, 6) is -0.0660. The summed E-state index contributed by atoms with van der Waals surface area (Å²) in [5, 5.41) is 0.471. The summed E-state index contributed by atoms with van der Waals surface area (Å²) in [6.07, 6.45) is 1.11. The lowest BCUT2D eigenvalue weighted by Crippen LogP contribution is -2.27. The maximum atomic E-state index is 12.3. The SMILES string of the molecule is Cn1c(=S)c2[nH]c(SCC(=O)c3ccc(S(C)(=O)=O)cc3)nc2n(C)c1=O. The van der Waals surface area contributed by atoms with E-state index in [0.717, 1.165) is 6.26 Å². The van der Waals surface area contributed by atoms with E-state index in [4.69, 9.17) is 12.2 Å². The molecule has 0 unspecified atom stereocenters. The number of thioether (sulfide) groups is 1. The number of sulfone groups is 1. The first kappa shape index (κ1) is 19.5. The minimum atomic E-state index is -3.30. The molecule has 8 nitrogen and oxygen atoms in total. The molecule has 142 valence electrons. The molecule has 0 spiro atoms. The van der Waals surface area contributed by atoms with Crippen molar-refractivity contribution in [3.05, 3.63) is 45.0 Å². The smallest absolute Gasteiger partial charge is 0.329 e. The van der Waals surface area contributed by atoms with Crippen molar-refractivity contribution >= 4 is 50.8 Å². The van der Waals surface area contributed by atoms with Gasteiger partial charge in [-0.25, -0.2) is 18.2 Å². The van der Waals surface area contributed by atoms with Gasteiger partial charge < -0.3 is 4.98 Å². The summed E-state index contributed by atoms with van der Waals surface area (Å²) < 4.78 is 26.0. The molecule has 0 fully saturated rings. The standard InChI is InChI=1S/C16H16N4O4S3/c1-19-13-12(14(25)20(2)16(19)22)17-15(18-13)26-8-11(21)9-4-6-10(7-5-9)27(3,23)24/h4-7H,8H2,1-3H3,(H,17,18). The molecule has 1 aromatic carbocycles. The van der Waals surface area contributed by atoms with E-state index in [1.807, 2.05) is 0 Å². The molecule has 3 aromatic rings. The van der Waals surface area contributed by atoms with E-state index in [1.54, 1.807) is 14.1 Å². The number of ketones is 1. The number of benzene rings is 1. The highest BCUT2D eigenvalue weighted by atomic mass is 32.2. The molecular weight excluding hydrogens is 408 g/mol. The van der Waals surface area contributed by atoms with Crippen molar-refractivity contribution in [1.82, 2.24) is 19.1 Å². The Balaban J connectivity index is 1.82. The summed E-state index contributed by atoms with van der Waals surface area (Å²) >= 11 is 6.45. The number of hydrogen-bond donors (Lipinski definition) is 1. The van der Waals surface area contributed by atoms with Gasteiger partial charge in [0, 0.05) is 25.9 Å². The molecule has 0 amide bonds. The molecule has 2 heterocycles. The van der Waals surface area contributed by atoms with E-state index < -0.39 is 9.84 Å². The number of carbonyl (C=O) groups is 1. The Morgan fingerprint density at radius 3 is 2.44 bits per heavy atom. The zero-order chi connectivity index (χ0) is 19.9. The second-order valence-corrected chi connectivity index (χ2v) is 9.32. The lowest BCUT2D eigenvalue weighted by atomic mass is 10.1. The molecule has 3 rings (SSSR count). The fourth-order valence-corrected chi connectivity index (χ4v) is 4.09. The average molecular weight is 425 g/mol. The molecule has 0 radical (unpaired) electrons. The van der Waals surface area contributed by atoms with Crippen molar-refractivity contribution in [3.8, 4) is 0 Å². The molecule has 27 heavy (non-hydrogen) atoms. The van der Waals surface area contributed by atoms with Crippen LogP contribution < -0.4 is 5.69 Å². The molecule has 1 N–H and O–H groups in total. The number of nitrogens with one attached hydrogen (secondary N) is 1. The Labute approximate surface area is 164 Å². The number of H-pyrrole nitrogens is 1. The number of imidazole rings is 1. The van der Waals surface area contributed by atoms with Gasteiger partial charge in [0.25, 0.3) is 0 Å². The van der Waals surface area contributed by atoms with Gasteiger partial charge in [0.2, 0.25) is 0 Å². The second-order valence-electron chi connectivity index (χ2n) is 5.95.